The number of carbonyl (C=O) groups excluding carboxylic acids is 1. The van der Waals surface area contributed by atoms with Gasteiger partial charge in [-0.25, -0.2) is 4.39 Å². The Hall–Kier alpha value is -1.76. The SMILES string of the molecule is CN=C(NCCSCc1ccccc1F)N1CCC(CC(=O)NC)CC1. The summed E-state index contributed by atoms with van der Waals surface area (Å²) in [4.78, 5) is 18.1. The van der Waals surface area contributed by atoms with Crippen LogP contribution in [0.1, 0.15) is 24.8 Å². The third kappa shape index (κ3) is 6.52. The van der Waals surface area contributed by atoms with E-state index in [2.05, 4.69) is 20.5 Å². The number of thioether (sulfide) groups is 1. The molecule has 7 heteroatoms. The van der Waals surface area contributed by atoms with E-state index in [1.54, 1.807) is 31.9 Å². The van der Waals surface area contributed by atoms with Crippen molar-refractivity contribution >= 4 is 23.6 Å². The van der Waals surface area contributed by atoms with E-state index in [1.807, 2.05) is 12.1 Å². The molecular formula is C19H29FN4OS. The van der Waals surface area contributed by atoms with E-state index in [4.69, 9.17) is 0 Å². The topological polar surface area (TPSA) is 56.7 Å². The number of benzene rings is 1. The number of rotatable bonds is 7. The molecule has 0 bridgehead atoms. The van der Waals surface area contributed by atoms with Gasteiger partial charge < -0.3 is 15.5 Å². The highest BCUT2D eigenvalue weighted by atomic mass is 32.2. The van der Waals surface area contributed by atoms with Crippen molar-refractivity contribution in [3.8, 4) is 0 Å². The van der Waals surface area contributed by atoms with E-state index >= 15 is 0 Å². The van der Waals surface area contributed by atoms with Crippen LogP contribution in [0.4, 0.5) is 4.39 Å². The van der Waals surface area contributed by atoms with Crippen molar-refractivity contribution in [1.82, 2.24) is 15.5 Å². The van der Waals surface area contributed by atoms with E-state index in [0.717, 1.165) is 49.8 Å². The van der Waals surface area contributed by atoms with Gasteiger partial charge in [0.25, 0.3) is 0 Å². The summed E-state index contributed by atoms with van der Waals surface area (Å²) in [5.74, 6) is 2.93. The fraction of sp³-hybridized carbons (Fsp3) is 0.579. The number of piperidine rings is 1. The predicted octanol–water partition coefficient (Wildman–Crippen LogP) is 2.48. The summed E-state index contributed by atoms with van der Waals surface area (Å²) in [6, 6.07) is 6.92. The first-order valence-corrected chi connectivity index (χ1v) is 10.3. The first-order chi connectivity index (χ1) is 12.6. The maximum atomic E-state index is 13.6. The molecular weight excluding hydrogens is 351 g/mol. The molecule has 1 amide bonds. The van der Waals surface area contributed by atoms with Gasteiger partial charge in [0.2, 0.25) is 5.91 Å². The minimum Gasteiger partial charge on any atom is -0.359 e. The van der Waals surface area contributed by atoms with Gasteiger partial charge in [0.05, 0.1) is 0 Å². The third-order valence-electron chi connectivity index (χ3n) is 4.62. The van der Waals surface area contributed by atoms with Gasteiger partial charge in [0, 0.05) is 51.7 Å². The van der Waals surface area contributed by atoms with Gasteiger partial charge in [-0.2, -0.15) is 11.8 Å². The molecule has 0 radical (unpaired) electrons. The largest absolute Gasteiger partial charge is 0.359 e. The van der Waals surface area contributed by atoms with Crippen LogP contribution in [0.15, 0.2) is 29.3 Å². The second kappa shape index (κ2) is 11.1. The fourth-order valence-corrected chi connectivity index (χ4v) is 3.92. The first-order valence-electron chi connectivity index (χ1n) is 9.11. The molecule has 144 valence electrons. The van der Waals surface area contributed by atoms with Crippen molar-refractivity contribution < 1.29 is 9.18 Å². The van der Waals surface area contributed by atoms with Gasteiger partial charge in [-0.3, -0.25) is 9.79 Å². The van der Waals surface area contributed by atoms with Crippen LogP contribution in [-0.2, 0) is 10.5 Å². The number of amides is 1. The van der Waals surface area contributed by atoms with Crippen LogP contribution in [0.3, 0.4) is 0 Å². The minimum absolute atomic E-state index is 0.123. The van der Waals surface area contributed by atoms with Crippen LogP contribution < -0.4 is 10.6 Å². The predicted molar refractivity (Wildman–Crippen MR) is 107 cm³/mol. The number of aliphatic imine (C=N–C) groups is 1. The Morgan fingerprint density at radius 3 is 2.73 bits per heavy atom. The quantitative estimate of drug-likeness (QED) is 0.434. The lowest BCUT2D eigenvalue weighted by atomic mass is 9.93. The molecule has 26 heavy (non-hydrogen) atoms. The number of hydrogen-bond acceptors (Lipinski definition) is 3. The lowest BCUT2D eigenvalue weighted by molar-refractivity contribution is -0.121. The van der Waals surface area contributed by atoms with Crippen LogP contribution in [0.2, 0.25) is 0 Å². The molecule has 0 unspecified atom stereocenters. The summed E-state index contributed by atoms with van der Waals surface area (Å²) in [7, 11) is 3.48. The molecule has 1 fully saturated rings. The second-order valence-electron chi connectivity index (χ2n) is 6.43. The molecule has 1 saturated heterocycles. The number of nitrogens with one attached hydrogen (secondary N) is 2. The molecule has 0 atom stereocenters. The summed E-state index contributed by atoms with van der Waals surface area (Å²) >= 11 is 1.71. The Labute approximate surface area is 159 Å². The standard InChI is InChI=1S/C19H29FN4OS/c1-21-18(25)13-15-7-10-24(11-8-15)19(22-2)23-9-12-26-14-16-5-3-4-6-17(16)20/h3-6,15H,7-14H2,1-2H3,(H,21,25)(H,22,23). The van der Waals surface area contributed by atoms with Crippen LogP contribution in [0.5, 0.6) is 0 Å². The maximum absolute atomic E-state index is 13.6. The Morgan fingerprint density at radius 1 is 1.35 bits per heavy atom. The van der Waals surface area contributed by atoms with Gasteiger partial charge in [0.1, 0.15) is 5.82 Å². The number of carbonyl (C=O) groups is 1. The highest BCUT2D eigenvalue weighted by Gasteiger charge is 2.22. The number of halogens is 1. The zero-order valence-electron chi connectivity index (χ0n) is 15.6. The van der Waals surface area contributed by atoms with E-state index < -0.39 is 0 Å². The lowest BCUT2D eigenvalue weighted by Crippen LogP contribution is -2.46. The molecule has 0 aliphatic carbocycles. The first kappa shape index (κ1) is 20.6. The van der Waals surface area contributed by atoms with Crippen LogP contribution in [0.25, 0.3) is 0 Å². The summed E-state index contributed by atoms with van der Waals surface area (Å²) in [5, 5.41) is 6.09. The molecule has 0 saturated carbocycles. The van der Waals surface area contributed by atoms with Gasteiger partial charge >= 0.3 is 0 Å². The summed E-state index contributed by atoms with van der Waals surface area (Å²) in [6.07, 6.45) is 2.63. The molecule has 1 aromatic rings. The number of hydrogen-bond donors (Lipinski definition) is 2. The molecule has 2 N–H and O–H groups in total. The van der Waals surface area contributed by atoms with Crippen molar-refractivity contribution in [3.63, 3.8) is 0 Å². The maximum Gasteiger partial charge on any atom is 0.220 e. The monoisotopic (exact) mass is 380 g/mol. The van der Waals surface area contributed by atoms with Gasteiger partial charge in [-0.05, 0) is 30.4 Å². The Morgan fingerprint density at radius 2 is 2.08 bits per heavy atom. The van der Waals surface area contributed by atoms with Gasteiger partial charge in [-0.1, -0.05) is 18.2 Å². The lowest BCUT2D eigenvalue weighted by Gasteiger charge is -2.34. The summed E-state index contributed by atoms with van der Waals surface area (Å²) in [6.45, 7) is 2.64. The second-order valence-corrected chi connectivity index (χ2v) is 7.53. The smallest absolute Gasteiger partial charge is 0.220 e. The van der Waals surface area contributed by atoms with E-state index in [-0.39, 0.29) is 11.7 Å². The van der Waals surface area contributed by atoms with Crippen LogP contribution in [0, 0.1) is 11.7 Å². The molecule has 5 nitrogen and oxygen atoms in total. The average molecular weight is 381 g/mol. The van der Waals surface area contributed by atoms with Crippen molar-refractivity contribution in [2.45, 2.75) is 25.0 Å². The Balaban J connectivity index is 1.65. The number of guanidine groups is 1. The molecule has 1 heterocycles. The van der Waals surface area contributed by atoms with Crippen LogP contribution >= 0.6 is 11.8 Å². The zero-order valence-corrected chi connectivity index (χ0v) is 16.4. The summed E-state index contributed by atoms with van der Waals surface area (Å²) < 4.78 is 13.6. The number of nitrogens with zero attached hydrogens (tertiary/aromatic N) is 2. The van der Waals surface area contributed by atoms with Crippen molar-refractivity contribution in [2.75, 3.05) is 39.5 Å². The van der Waals surface area contributed by atoms with Gasteiger partial charge in [0.15, 0.2) is 5.96 Å². The minimum atomic E-state index is -0.136. The molecule has 1 aliphatic heterocycles. The van der Waals surface area contributed by atoms with E-state index in [0.29, 0.717) is 18.1 Å². The van der Waals surface area contributed by atoms with Gasteiger partial charge in [-0.15, -0.1) is 0 Å². The normalized spacial score (nSPS) is 15.8. The third-order valence-corrected chi connectivity index (χ3v) is 5.63. The molecule has 1 aliphatic rings. The van der Waals surface area contributed by atoms with E-state index in [9.17, 15) is 9.18 Å². The zero-order chi connectivity index (χ0) is 18.8. The fourth-order valence-electron chi connectivity index (χ4n) is 3.08. The van der Waals surface area contributed by atoms with Crippen LogP contribution in [-0.4, -0.2) is 56.2 Å². The Kier molecular flexibility index (Phi) is 8.74. The Bertz CT molecular complexity index is 603. The molecule has 1 aromatic carbocycles. The molecule has 0 spiro atoms. The number of likely N-dealkylation sites (tertiary alicyclic amines) is 1. The highest BCUT2D eigenvalue weighted by molar-refractivity contribution is 7.98. The molecule has 2 rings (SSSR count). The van der Waals surface area contributed by atoms with Crippen molar-refractivity contribution in [3.05, 3.63) is 35.6 Å². The van der Waals surface area contributed by atoms with E-state index in [1.165, 1.54) is 6.07 Å². The van der Waals surface area contributed by atoms with Crippen molar-refractivity contribution in [2.24, 2.45) is 10.9 Å². The molecule has 0 aromatic heterocycles. The highest BCUT2D eigenvalue weighted by Crippen LogP contribution is 2.20. The summed E-state index contributed by atoms with van der Waals surface area (Å²) in [5.41, 5.74) is 0.750. The average Bonchev–Trinajstić information content (AvgIpc) is 2.67. The van der Waals surface area contributed by atoms with Crippen molar-refractivity contribution in [1.29, 1.82) is 0 Å².